The third kappa shape index (κ3) is 2.37. The van der Waals surface area contributed by atoms with E-state index >= 15 is 0 Å². The lowest BCUT2D eigenvalue weighted by atomic mass is 10.1. The van der Waals surface area contributed by atoms with E-state index in [0.717, 1.165) is 12.2 Å². The number of hydrogen-bond donors (Lipinski definition) is 2. The molecule has 13 heavy (non-hydrogen) atoms. The molecular weight excluding hydrogens is 188 g/mol. The van der Waals surface area contributed by atoms with Crippen LogP contribution in [0.4, 0.5) is 4.79 Å². The van der Waals surface area contributed by atoms with E-state index in [1.165, 1.54) is 0 Å². The molecule has 1 fully saturated rings. The number of thioether (sulfide) groups is 1. The van der Waals surface area contributed by atoms with Crippen LogP contribution >= 0.6 is 11.8 Å². The standard InChI is InChI=1S/C8H14N2O2S/c1-3-4-13-5-8(2)6(11)9-7(12)10-8/h3-5H2,1-2H3,(H2,9,10,11,12)/t8-/m0/s1. The lowest BCUT2D eigenvalue weighted by Crippen LogP contribution is -2.46. The minimum atomic E-state index is -0.711. The lowest BCUT2D eigenvalue weighted by Gasteiger charge is -2.19. The number of rotatable bonds is 4. The van der Waals surface area contributed by atoms with Crippen LogP contribution in [0.15, 0.2) is 0 Å². The van der Waals surface area contributed by atoms with Crippen LogP contribution in [0.1, 0.15) is 20.3 Å². The van der Waals surface area contributed by atoms with E-state index in [2.05, 4.69) is 17.6 Å². The van der Waals surface area contributed by atoms with Crippen LogP contribution in [-0.2, 0) is 4.79 Å². The van der Waals surface area contributed by atoms with Crippen molar-refractivity contribution in [1.29, 1.82) is 0 Å². The van der Waals surface area contributed by atoms with Gasteiger partial charge in [-0.1, -0.05) is 6.92 Å². The number of imide groups is 1. The molecule has 1 saturated heterocycles. The Morgan fingerprint density at radius 2 is 2.15 bits per heavy atom. The normalized spacial score (nSPS) is 27.2. The van der Waals surface area contributed by atoms with Gasteiger partial charge in [-0.05, 0) is 19.1 Å². The van der Waals surface area contributed by atoms with Crippen molar-refractivity contribution in [3.05, 3.63) is 0 Å². The van der Waals surface area contributed by atoms with Gasteiger partial charge < -0.3 is 5.32 Å². The Bertz CT molecular complexity index is 232. The second-order valence-electron chi connectivity index (χ2n) is 3.29. The molecule has 1 aliphatic heterocycles. The SMILES string of the molecule is CCCSC[C@]1(C)NC(=O)NC1=O. The highest BCUT2D eigenvalue weighted by molar-refractivity contribution is 7.99. The van der Waals surface area contributed by atoms with Crippen LogP contribution < -0.4 is 10.6 Å². The zero-order valence-corrected chi connectivity index (χ0v) is 8.66. The van der Waals surface area contributed by atoms with Crippen molar-refractivity contribution in [1.82, 2.24) is 10.6 Å². The van der Waals surface area contributed by atoms with Gasteiger partial charge in [0.15, 0.2) is 0 Å². The van der Waals surface area contributed by atoms with E-state index in [0.29, 0.717) is 5.75 Å². The average molecular weight is 202 g/mol. The fraction of sp³-hybridized carbons (Fsp3) is 0.750. The molecule has 0 aromatic carbocycles. The lowest BCUT2D eigenvalue weighted by molar-refractivity contribution is -0.122. The summed E-state index contributed by atoms with van der Waals surface area (Å²) in [5.74, 6) is 1.43. The summed E-state index contributed by atoms with van der Waals surface area (Å²) in [7, 11) is 0. The summed E-state index contributed by atoms with van der Waals surface area (Å²) in [6, 6.07) is -0.385. The predicted octanol–water partition coefficient (Wildman–Crippen LogP) is 0.728. The topological polar surface area (TPSA) is 58.2 Å². The Morgan fingerprint density at radius 3 is 2.62 bits per heavy atom. The van der Waals surface area contributed by atoms with Gasteiger partial charge in [-0.3, -0.25) is 10.1 Å². The molecule has 3 amide bonds. The summed E-state index contributed by atoms with van der Waals surface area (Å²) < 4.78 is 0. The van der Waals surface area contributed by atoms with E-state index in [4.69, 9.17) is 0 Å². The summed E-state index contributed by atoms with van der Waals surface area (Å²) in [5.41, 5.74) is -0.711. The predicted molar refractivity (Wildman–Crippen MR) is 52.7 cm³/mol. The van der Waals surface area contributed by atoms with E-state index in [1.54, 1.807) is 18.7 Å². The number of hydrogen-bond acceptors (Lipinski definition) is 3. The van der Waals surface area contributed by atoms with Crippen molar-refractivity contribution < 1.29 is 9.59 Å². The van der Waals surface area contributed by atoms with Crippen LogP contribution in [0.2, 0.25) is 0 Å². The first-order valence-electron chi connectivity index (χ1n) is 4.30. The Labute approximate surface area is 81.8 Å². The maximum atomic E-state index is 11.3. The monoisotopic (exact) mass is 202 g/mol. The highest BCUT2D eigenvalue weighted by Gasteiger charge is 2.41. The smallest absolute Gasteiger partial charge is 0.322 e. The first-order chi connectivity index (χ1) is 6.08. The molecule has 1 aliphatic rings. The van der Waals surface area contributed by atoms with Crippen molar-refractivity contribution >= 4 is 23.7 Å². The Morgan fingerprint density at radius 1 is 1.46 bits per heavy atom. The molecule has 0 aromatic rings. The maximum Gasteiger partial charge on any atom is 0.322 e. The first kappa shape index (κ1) is 10.4. The van der Waals surface area contributed by atoms with Crippen LogP contribution in [-0.4, -0.2) is 29.0 Å². The number of carbonyl (C=O) groups excluding carboxylic acids is 2. The van der Waals surface area contributed by atoms with Crippen LogP contribution in [0.3, 0.4) is 0 Å². The molecule has 0 aromatic heterocycles. The van der Waals surface area contributed by atoms with Crippen molar-refractivity contribution in [3.63, 3.8) is 0 Å². The molecule has 0 spiro atoms. The molecular formula is C8H14N2O2S. The van der Waals surface area contributed by atoms with Crippen LogP contribution in [0.5, 0.6) is 0 Å². The third-order valence-corrected chi connectivity index (χ3v) is 3.34. The fourth-order valence-corrected chi connectivity index (χ4v) is 2.15. The largest absolute Gasteiger partial charge is 0.323 e. The molecule has 1 atom stereocenters. The highest BCUT2D eigenvalue weighted by atomic mass is 32.2. The van der Waals surface area contributed by atoms with Gasteiger partial charge in [0.05, 0.1) is 0 Å². The van der Waals surface area contributed by atoms with Crippen molar-refractivity contribution in [3.8, 4) is 0 Å². The molecule has 0 radical (unpaired) electrons. The molecule has 0 bridgehead atoms. The van der Waals surface area contributed by atoms with Gasteiger partial charge >= 0.3 is 6.03 Å². The van der Waals surface area contributed by atoms with Crippen LogP contribution in [0, 0.1) is 0 Å². The van der Waals surface area contributed by atoms with Gasteiger partial charge in [0.2, 0.25) is 0 Å². The molecule has 0 aliphatic carbocycles. The minimum absolute atomic E-state index is 0.221. The summed E-state index contributed by atoms with van der Waals surface area (Å²) in [4.78, 5) is 22.1. The van der Waals surface area contributed by atoms with Crippen molar-refractivity contribution in [2.45, 2.75) is 25.8 Å². The summed E-state index contributed by atoms with van der Waals surface area (Å²) in [6.07, 6.45) is 1.08. The van der Waals surface area contributed by atoms with E-state index in [9.17, 15) is 9.59 Å². The molecule has 0 saturated carbocycles. The summed E-state index contributed by atoms with van der Waals surface area (Å²) >= 11 is 1.68. The molecule has 5 heteroatoms. The number of carbonyl (C=O) groups is 2. The second-order valence-corrected chi connectivity index (χ2v) is 4.40. The van der Waals surface area contributed by atoms with Gasteiger partial charge in [0.25, 0.3) is 5.91 Å². The minimum Gasteiger partial charge on any atom is -0.323 e. The average Bonchev–Trinajstić information content (AvgIpc) is 2.27. The maximum absolute atomic E-state index is 11.3. The zero-order chi connectivity index (χ0) is 9.90. The Kier molecular flexibility index (Phi) is 3.19. The Hall–Kier alpha value is -0.710. The molecule has 4 nitrogen and oxygen atoms in total. The fourth-order valence-electron chi connectivity index (χ4n) is 1.10. The van der Waals surface area contributed by atoms with Crippen molar-refractivity contribution in [2.24, 2.45) is 0 Å². The molecule has 1 heterocycles. The quantitative estimate of drug-likeness (QED) is 0.522. The van der Waals surface area contributed by atoms with Gasteiger partial charge in [-0.2, -0.15) is 11.8 Å². The number of amides is 3. The second kappa shape index (κ2) is 4.00. The summed E-state index contributed by atoms with van der Waals surface area (Å²) in [5, 5.41) is 4.85. The van der Waals surface area contributed by atoms with E-state index in [1.807, 2.05) is 0 Å². The molecule has 2 N–H and O–H groups in total. The van der Waals surface area contributed by atoms with Gasteiger partial charge in [0.1, 0.15) is 5.54 Å². The van der Waals surface area contributed by atoms with Gasteiger partial charge in [-0.25, -0.2) is 4.79 Å². The summed E-state index contributed by atoms with van der Waals surface area (Å²) in [6.45, 7) is 3.83. The van der Waals surface area contributed by atoms with Gasteiger partial charge in [-0.15, -0.1) is 0 Å². The third-order valence-electron chi connectivity index (χ3n) is 1.86. The first-order valence-corrected chi connectivity index (χ1v) is 5.45. The van der Waals surface area contributed by atoms with Crippen LogP contribution in [0.25, 0.3) is 0 Å². The Balaban J connectivity index is 2.46. The zero-order valence-electron chi connectivity index (χ0n) is 7.85. The van der Waals surface area contributed by atoms with Crippen molar-refractivity contribution in [2.75, 3.05) is 11.5 Å². The molecule has 1 rings (SSSR count). The van der Waals surface area contributed by atoms with Gasteiger partial charge in [0, 0.05) is 5.75 Å². The molecule has 0 unspecified atom stereocenters. The number of nitrogens with one attached hydrogen (secondary N) is 2. The van der Waals surface area contributed by atoms with E-state index < -0.39 is 5.54 Å². The number of urea groups is 1. The molecule has 74 valence electrons. The highest BCUT2D eigenvalue weighted by Crippen LogP contribution is 2.17. The van der Waals surface area contributed by atoms with E-state index in [-0.39, 0.29) is 11.9 Å².